The van der Waals surface area contributed by atoms with Crippen LogP contribution in [0.2, 0.25) is 0 Å². The molecule has 12 rings (SSSR count). The highest BCUT2D eigenvalue weighted by atomic mass is 32.1. The van der Waals surface area contributed by atoms with E-state index in [1.54, 1.807) is 11.3 Å². The molecule has 0 unspecified atom stereocenters. The van der Waals surface area contributed by atoms with Crippen LogP contribution in [-0.2, 0) is 0 Å². The van der Waals surface area contributed by atoms with E-state index in [0.29, 0.717) is 17.5 Å². The Bertz CT molecular complexity index is 3470. The van der Waals surface area contributed by atoms with E-state index in [0.717, 1.165) is 38.1 Å². The lowest BCUT2D eigenvalue weighted by Crippen LogP contribution is -2.01. The van der Waals surface area contributed by atoms with Crippen molar-refractivity contribution in [1.29, 1.82) is 0 Å². The van der Waals surface area contributed by atoms with Gasteiger partial charge in [-0.1, -0.05) is 146 Å². The Kier molecular flexibility index (Phi) is 7.24. The Balaban J connectivity index is 1.15. The minimum atomic E-state index is 0.649. The zero-order valence-corrected chi connectivity index (χ0v) is 32.1. The summed E-state index contributed by atoms with van der Waals surface area (Å²) in [5.41, 5.74) is 8.70. The molecule has 0 fully saturated rings. The summed E-state index contributed by atoms with van der Waals surface area (Å²) >= 11 is 3.67. The van der Waals surface area contributed by atoms with E-state index in [1.165, 1.54) is 57.5 Å². The molecule has 4 heterocycles. The molecule has 8 aromatic carbocycles. The average Bonchev–Trinajstić information content (AvgIpc) is 3.96. The van der Waals surface area contributed by atoms with Gasteiger partial charge in [0.15, 0.2) is 17.5 Å². The lowest BCUT2D eigenvalue weighted by Gasteiger charge is -2.13. The van der Waals surface area contributed by atoms with Crippen molar-refractivity contribution in [3.05, 3.63) is 182 Å². The molecule has 0 aliphatic rings. The molecule has 0 radical (unpaired) electrons. The molecule has 0 amide bonds. The standard InChI is InChI=1S/C51H30N4S2/c1-3-14-31(15-4-1)49-52-50(32-16-5-2-6-17-32)54-51(53-49)42-30-34(29-41-39-20-9-12-25-46(39)57-48(41)42)55-43-23-10-7-18-36(43)37-27-26-33(28-44(37)55)35-21-13-22-40-38-19-8-11-24-45(38)56-47(35)40/h1-30H. The largest absolute Gasteiger partial charge is 0.309 e. The number of nitrogens with zero attached hydrogens (tertiary/aromatic N) is 4. The molecule has 266 valence electrons. The van der Waals surface area contributed by atoms with E-state index in [1.807, 2.05) is 47.7 Å². The van der Waals surface area contributed by atoms with Crippen LogP contribution in [0.5, 0.6) is 0 Å². The fourth-order valence-electron chi connectivity index (χ4n) is 8.43. The zero-order valence-electron chi connectivity index (χ0n) is 30.4. The molecule has 6 heteroatoms. The summed E-state index contributed by atoms with van der Waals surface area (Å²) in [6, 6.07) is 64.9. The predicted molar refractivity (Wildman–Crippen MR) is 242 cm³/mol. The number of thiophene rings is 2. The lowest BCUT2D eigenvalue weighted by molar-refractivity contribution is 1.07. The number of hydrogen-bond acceptors (Lipinski definition) is 5. The fraction of sp³-hybridized carbons (Fsp3) is 0. The smallest absolute Gasteiger partial charge is 0.165 e. The Hall–Kier alpha value is -6.99. The van der Waals surface area contributed by atoms with Crippen molar-refractivity contribution >= 4 is 84.8 Å². The maximum atomic E-state index is 5.24. The Labute approximate surface area is 335 Å². The second-order valence-electron chi connectivity index (χ2n) is 14.4. The van der Waals surface area contributed by atoms with Gasteiger partial charge in [0.25, 0.3) is 0 Å². The van der Waals surface area contributed by atoms with Crippen molar-refractivity contribution in [2.75, 3.05) is 0 Å². The van der Waals surface area contributed by atoms with Crippen molar-refractivity contribution in [2.45, 2.75) is 0 Å². The zero-order chi connectivity index (χ0) is 37.5. The van der Waals surface area contributed by atoms with Crippen molar-refractivity contribution in [3.8, 4) is 51.0 Å². The van der Waals surface area contributed by atoms with Crippen LogP contribution < -0.4 is 0 Å². The van der Waals surface area contributed by atoms with E-state index in [2.05, 4.69) is 150 Å². The first-order valence-electron chi connectivity index (χ1n) is 19.0. The van der Waals surface area contributed by atoms with Gasteiger partial charge in [0.1, 0.15) is 0 Å². The molecule has 57 heavy (non-hydrogen) atoms. The van der Waals surface area contributed by atoms with Crippen molar-refractivity contribution in [1.82, 2.24) is 19.5 Å². The minimum Gasteiger partial charge on any atom is -0.309 e. The second kappa shape index (κ2) is 12.8. The van der Waals surface area contributed by atoms with Crippen LogP contribution in [0, 0.1) is 0 Å². The highest BCUT2D eigenvalue weighted by Gasteiger charge is 2.21. The van der Waals surface area contributed by atoms with Gasteiger partial charge in [0.2, 0.25) is 0 Å². The van der Waals surface area contributed by atoms with Crippen LogP contribution in [0.4, 0.5) is 0 Å². The molecule has 4 nitrogen and oxygen atoms in total. The normalized spacial score (nSPS) is 11.9. The summed E-state index contributed by atoms with van der Waals surface area (Å²) in [6.07, 6.45) is 0. The highest BCUT2D eigenvalue weighted by molar-refractivity contribution is 7.26. The van der Waals surface area contributed by atoms with Crippen LogP contribution in [0.25, 0.3) is 113 Å². The average molecular weight is 763 g/mol. The van der Waals surface area contributed by atoms with Gasteiger partial charge in [-0.3, -0.25) is 0 Å². The molecule has 0 aliphatic carbocycles. The van der Waals surface area contributed by atoms with Gasteiger partial charge in [0, 0.05) is 73.5 Å². The van der Waals surface area contributed by atoms with Gasteiger partial charge in [-0.25, -0.2) is 15.0 Å². The van der Waals surface area contributed by atoms with Crippen LogP contribution >= 0.6 is 22.7 Å². The number of para-hydroxylation sites is 1. The third kappa shape index (κ3) is 5.15. The summed E-state index contributed by atoms with van der Waals surface area (Å²) in [4.78, 5) is 15.5. The van der Waals surface area contributed by atoms with Gasteiger partial charge in [-0.15, -0.1) is 22.7 Å². The molecular formula is C51H30N4S2. The third-order valence-corrected chi connectivity index (χ3v) is 13.5. The van der Waals surface area contributed by atoms with E-state index in [-0.39, 0.29) is 0 Å². The monoisotopic (exact) mass is 762 g/mol. The Morgan fingerprint density at radius 1 is 0.333 bits per heavy atom. The third-order valence-electron chi connectivity index (χ3n) is 11.1. The fourth-order valence-corrected chi connectivity index (χ4v) is 10.9. The summed E-state index contributed by atoms with van der Waals surface area (Å²) in [7, 11) is 0. The van der Waals surface area contributed by atoms with Crippen molar-refractivity contribution < 1.29 is 0 Å². The summed E-state index contributed by atoms with van der Waals surface area (Å²) in [5.74, 6) is 1.95. The van der Waals surface area contributed by atoms with E-state index >= 15 is 0 Å². The molecule has 0 N–H and O–H groups in total. The maximum absolute atomic E-state index is 5.24. The Morgan fingerprint density at radius 2 is 0.877 bits per heavy atom. The molecule has 0 saturated carbocycles. The van der Waals surface area contributed by atoms with Crippen molar-refractivity contribution in [3.63, 3.8) is 0 Å². The lowest BCUT2D eigenvalue weighted by atomic mass is 10.0. The van der Waals surface area contributed by atoms with E-state index < -0.39 is 0 Å². The first kappa shape index (κ1) is 32.3. The molecule has 0 bridgehead atoms. The summed E-state index contributed by atoms with van der Waals surface area (Å²) in [6.45, 7) is 0. The number of rotatable bonds is 5. The van der Waals surface area contributed by atoms with Gasteiger partial charge in [0.05, 0.1) is 11.0 Å². The van der Waals surface area contributed by atoms with Crippen molar-refractivity contribution in [2.24, 2.45) is 0 Å². The van der Waals surface area contributed by atoms with Crippen LogP contribution in [0.1, 0.15) is 0 Å². The maximum Gasteiger partial charge on any atom is 0.165 e. The highest BCUT2D eigenvalue weighted by Crippen LogP contribution is 2.45. The molecule has 0 saturated heterocycles. The summed E-state index contributed by atoms with van der Waals surface area (Å²) in [5, 5.41) is 7.45. The van der Waals surface area contributed by atoms with Gasteiger partial charge >= 0.3 is 0 Å². The van der Waals surface area contributed by atoms with Gasteiger partial charge < -0.3 is 4.57 Å². The second-order valence-corrected chi connectivity index (χ2v) is 16.5. The van der Waals surface area contributed by atoms with Gasteiger partial charge in [-0.05, 0) is 47.5 Å². The van der Waals surface area contributed by atoms with Crippen LogP contribution in [0.15, 0.2) is 182 Å². The Morgan fingerprint density at radius 3 is 1.58 bits per heavy atom. The molecule has 0 spiro atoms. The number of fused-ring (bicyclic) bond motifs is 9. The first-order valence-corrected chi connectivity index (χ1v) is 20.7. The molecule has 4 aromatic heterocycles. The van der Waals surface area contributed by atoms with E-state index in [4.69, 9.17) is 15.0 Å². The quantitative estimate of drug-likeness (QED) is 0.175. The molecule has 12 aromatic rings. The van der Waals surface area contributed by atoms with Crippen LogP contribution in [-0.4, -0.2) is 19.5 Å². The topological polar surface area (TPSA) is 43.6 Å². The predicted octanol–water partition coefficient (Wildman–Crippen LogP) is 14.4. The van der Waals surface area contributed by atoms with E-state index in [9.17, 15) is 0 Å². The summed E-state index contributed by atoms with van der Waals surface area (Å²) < 4.78 is 7.44. The van der Waals surface area contributed by atoms with Gasteiger partial charge in [-0.2, -0.15) is 0 Å². The molecular weight excluding hydrogens is 733 g/mol. The molecule has 0 aliphatic heterocycles. The van der Waals surface area contributed by atoms with Crippen LogP contribution in [0.3, 0.4) is 0 Å². The first-order chi connectivity index (χ1) is 28.2. The SMILES string of the molecule is c1ccc(-c2nc(-c3ccccc3)nc(-c3cc(-n4c5ccccc5c5ccc(-c6cccc7c6sc6ccccc67)cc54)cc4c3sc3ccccc34)n2)cc1. The minimum absolute atomic E-state index is 0.649. The molecule has 0 atom stereocenters. The number of benzene rings is 8. The number of aromatic nitrogens is 4. The number of hydrogen-bond donors (Lipinski definition) is 0.